The number of benzene rings is 2. The molecule has 0 aliphatic heterocycles. The molecule has 0 saturated carbocycles. The van der Waals surface area contributed by atoms with Crippen LogP contribution in [-0.2, 0) is 22.4 Å². The molecule has 7 nitrogen and oxygen atoms in total. The Morgan fingerprint density at radius 2 is 1.67 bits per heavy atom. The van der Waals surface area contributed by atoms with Gasteiger partial charge in [0.1, 0.15) is 5.56 Å². The highest BCUT2D eigenvalue weighted by molar-refractivity contribution is 5.98. The maximum absolute atomic E-state index is 12.2. The van der Waals surface area contributed by atoms with E-state index in [2.05, 4.69) is 5.32 Å². The number of nitrogens with zero attached hydrogens (tertiary/aromatic N) is 1. The van der Waals surface area contributed by atoms with Crippen LogP contribution in [0.4, 0.5) is 11.4 Å². The van der Waals surface area contributed by atoms with Crippen molar-refractivity contribution in [1.82, 2.24) is 0 Å². The summed E-state index contributed by atoms with van der Waals surface area (Å²) in [6.45, 7) is 4.99. The number of carbonyl (C=O) groups is 2. The van der Waals surface area contributed by atoms with Crippen LogP contribution < -0.4 is 5.32 Å². The van der Waals surface area contributed by atoms with E-state index in [1.807, 2.05) is 32.0 Å². The molecule has 7 heteroatoms. The van der Waals surface area contributed by atoms with Crippen molar-refractivity contribution in [3.8, 4) is 0 Å². The first kappa shape index (κ1) is 20.1. The van der Waals surface area contributed by atoms with Crippen LogP contribution in [0.1, 0.15) is 40.9 Å². The number of aryl methyl sites for hydroxylation is 3. The molecule has 0 atom stereocenters. The Hall–Kier alpha value is -3.22. The average Bonchev–Trinajstić information content (AvgIpc) is 2.65. The second-order valence-corrected chi connectivity index (χ2v) is 6.01. The van der Waals surface area contributed by atoms with Crippen molar-refractivity contribution in [3.05, 3.63) is 68.8 Å². The van der Waals surface area contributed by atoms with E-state index < -0.39 is 23.4 Å². The topological polar surface area (TPSA) is 98.5 Å². The highest BCUT2D eigenvalue weighted by atomic mass is 16.6. The standard InChI is InChI=1S/C20H22N2O5/c1-4-14-9-7-10-15(5-2)18(14)21-17(23)12-27-20(24)16-11-6-8-13(3)19(16)22(25)26/h6-11H,4-5,12H2,1-3H3,(H,21,23). The lowest BCUT2D eigenvalue weighted by Gasteiger charge is -2.14. The highest BCUT2D eigenvalue weighted by Gasteiger charge is 2.24. The van der Waals surface area contributed by atoms with Gasteiger partial charge in [0.2, 0.25) is 0 Å². The number of anilines is 1. The molecule has 142 valence electrons. The van der Waals surface area contributed by atoms with E-state index in [9.17, 15) is 19.7 Å². The van der Waals surface area contributed by atoms with Crippen LogP contribution in [0.3, 0.4) is 0 Å². The lowest BCUT2D eigenvalue weighted by Crippen LogP contribution is -2.22. The summed E-state index contributed by atoms with van der Waals surface area (Å²) in [4.78, 5) is 35.0. The second-order valence-electron chi connectivity index (χ2n) is 6.01. The number of rotatable bonds is 7. The monoisotopic (exact) mass is 370 g/mol. The van der Waals surface area contributed by atoms with Gasteiger partial charge < -0.3 is 10.1 Å². The summed E-state index contributed by atoms with van der Waals surface area (Å²) in [5, 5.41) is 14.0. The third-order valence-corrected chi connectivity index (χ3v) is 4.24. The predicted molar refractivity (Wildman–Crippen MR) is 102 cm³/mol. The molecule has 0 aliphatic rings. The van der Waals surface area contributed by atoms with Gasteiger partial charge in [-0.2, -0.15) is 0 Å². The summed E-state index contributed by atoms with van der Waals surface area (Å²) in [5.74, 6) is -1.39. The Balaban J connectivity index is 2.10. The fourth-order valence-electron chi connectivity index (χ4n) is 2.85. The van der Waals surface area contributed by atoms with Crippen LogP contribution in [0, 0.1) is 17.0 Å². The number of amides is 1. The molecule has 1 N–H and O–H groups in total. The van der Waals surface area contributed by atoms with Crippen molar-refractivity contribution >= 4 is 23.3 Å². The van der Waals surface area contributed by atoms with Crippen LogP contribution in [0.25, 0.3) is 0 Å². The molecule has 0 aliphatic carbocycles. The second kappa shape index (κ2) is 8.93. The van der Waals surface area contributed by atoms with Gasteiger partial charge in [-0.3, -0.25) is 14.9 Å². The summed E-state index contributed by atoms with van der Waals surface area (Å²) in [7, 11) is 0. The first-order valence-electron chi connectivity index (χ1n) is 8.70. The van der Waals surface area contributed by atoms with Gasteiger partial charge in [0.05, 0.1) is 4.92 Å². The lowest BCUT2D eigenvalue weighted by atomic mass is 10.0. The molecule has 2 aromatic rings. The minimum atomic E-state index is -0.903. The van der Waals surface area contributed by atoms with Crippen molar-refractivity contribution in [2.24, 2.45) is 0 Å². The zero-order valence-corrected chi connectivity index (χ0v) is 15.6. The molecule has 0 spiro atoms. The Bertz CT molecular complexity index is 854. The van der Waals surface area contributed by atoms with Gasteiger partial charge >= 0.3 is 5.97 Å². The van der Waals surface area contributed by atoms with Gasteiger partial charge in [-0.25, -0.2) is 4.79 Å². The fourth-order valence-corrected chi connectivity index (χ4v) is 2.85. The average molecular weight is 370 g/mol. The number of para-hydroxylation sites is 2. The fraction of sp³-hybridized carbons (Fsp3) is 0.300. The van der Waals surface area contributed by atoms with E-state index in [0.29, 0.717) is 5.56 Å². The lowest BCUT2D eigenvalue weighted by molar-refractivity contribution is -0.385. The molecule has 2 aromatic carbocycles. The minimum absolute atomic E-state index is 0.170. The Labute approximate surface area is 157 Å². The van der Waals surface area contributed by atoms with Gasteiger partial charge in [0.25, 0.3) is 11.6 Å². The van der Waals surface area contributed by atoms with E-state index in [4.69, 9.17) is 4.74 Å². The highest BCUT2D eigenvalue weighted by Crippen LogP contribution is 2.24. The summed E-state index contributed by atoms with van der Waals surface area (Å²) < 4.78 is 5.00. The number of hydrogen-bond acceptors (Lipinski definition) is 5. The molecule has 1 amide bonds. The van der Waals surface area contributed by atoms with Crippen LogP contribution in [0.15, 0.2) is 36.4 Å². The van der Waals surface area contributed by atoms with E-state index in [1.165, 1.54) is 25.1 Å². The molecule has 0 unspecified atom stereocenters. The van der Waals surface area contributed by atoms with Crippen molar-refractivity contribution in [2.45, 2.75) is 33.6 Å². The molecule has 2 rings (SSSR count). The summed E-state index contributed by atoms with van der Waals surface area (Å²) in [5.41, 5.74) is 2.57. The third-order valence-electron chi connectivity index (χ3n) is 4.24. The maximum Gasteiger partial charge on any atom is 0.345 e. The molecule has 0 bridgehead atoms. The van der Waals surface area contributed by atoms with Gasteiger partial charge in [0.15, 0.2) is 6.61 Å². The minimum Gasteiger partial charge on any atom is -0.452 e. The summed E-state index contributed by atoms with van der Waals surface area (Å²) in [6.07, 6.45) is 1.50. The van der Waals surface area contributed by atoms with Gasteiger partial charge in [-0.15, -0.1) is 0 Å². The normalized spacial score (nSPS) is 10.3. The van der Waals surface area contributed by atoms with Crippen molar-refractivity contribution in [3.63, 3.8) is 0 Å². The van der Waals surface area contributed by atoms with E-state index in [0.717, 1.165) is 29.7 Å². The molecule has 0 heterocycles. The third kappa shape index (κ3) is 4.69. The molecule has 0 radical (unpaired) electrons. The van der Waals surface area contributed by atoms with Gasteiger partial charge in [-0.05, 0) is 37.0 Å². The molecule has 0 saturated heterocycles. The first-order valence-corrected chi connectivity index (χ1v) is 8.70. The molecular weight excluding hydrogens is 348 g/mol. The van der Waals surface area contributed by atoms with Crippen molar-refractivity contribution < 1.29 is 19.2 Å². The number of nitrogens with one attached hydrogen (secondary N) is 1. The number of hydrogen-bond donors (Lipinski definition) is 1. The Kier molecular flexibility index (Phi) is 6.65. The largest absolute Gasteiger partial charge is 0.452 e. The van der Waals surface area contributed by atoms with Crippen LogP contribution in [0.5, 0.6) is 0 Å². The number of ether oxygens (including phenoxy) is 1. The zero-order chi connectivity index (χ0) is 20.0. The number of nitro benzene ring substituents is 1. The van der Waals surface area contributed by atoms with E-state index in [1.54, 1.807) is 0 Å². The van der Waals surface area contributed by atoms with E-state index >= 15 is 0 Å². The quantitative estimate of drug-likeness (QED) is 0.454. The SMILES string of the molecule is CCc1cccc(CC)c1NC(=O)COC(=O)c1cccc(C)c1[N+](=O)[O-]. The smallest absolute Gasteiger partial charge is 0.345 e. The van der Waals surface area contributed by atoms with Crippen LogP contribution in [-0.4, -0.2) is 23.4 Å². The van der Waals surface area contributed by atoms with Crippen molar-refractivity contribution in [1.29, 1.82) is 0 Å². The number of esters is 1. The molecular formula is C20H22N2O5. The van der Waals surface area contributed by atoms with Gasteiger partial charge in [-0.1, -0.05) is 44.2 Å². The van der Waals surface area contributed by atoms with Crippen LogP contribution >= 0.6 is 0 Å². The summed E-state index contributed by atoms with van der Waals surface area (Å²) in [6, 6.07) is 10.2. The predicted octanol–water partition coefficient (Wildman–Crippen LogP) is 3.82. The van der Waals surface area contributed by atoms with Crippen LogP contribution in [0.2, 0.25) is 0 Å². The van der Waals surface area contributed by atoms with Crippen molar-refractivity contribution in [2.75, 3.05) is 11.9 Å². The number of carbonyl (C=O) groups excluding carboxylic acids is 2. The Morgan fingerprint density at radius 3 is 2.22 bits per heavy atom. The van der Waals surface area contributed by atoms with Gasteiger partial charge in [0, 0.05) is 11.3 Å². The Morgan fingerprint density at radius 1 is 1.07 bits per heavy atom. The zero-order valence-electron chi connectivity index (χ0n) is 15.6. The first-order chi connectivity index (χ1) is 12.9. The van der Waals surface area contributed by atoms with E-state index in [-0.39, 0.29) is 11.3 Å². The molecule has 27 heavy (non-hydrogen) atoms. The number of nitro groups is 1. The molecule has 0 aromatic heterocycles. The molecule has 0 fully saturated rings. The summed E-state index contributed by atoms with van der Waals surface area (Å²) >= 11 is 0. The maximum atomic E-state index is 12.2.